The Bertz CT molecular complexity index is 398. The van der Waals surface area contributed by atoms with Gasteiger partial charge in [0.2, 0.25) is 0 Å². The lowest BCUT2D eigenvalue weighted by molar-refractivity contribution is 0.0695. The van der Waals surface area contributed by atoms with Crippen LogP contribution in [-0.2, 0) is 4.74 Å². The summed E-state index contributed by atoms with van der Waals surface area (Å²) in [6.45, 7) is 4.82. The molecule has 1 unspecified atom stereocenters. The summed E-state index contributed by atoms with van der Waals surface area (Å²) in [6, 6.07) is 1.45. The molecular weight excluding hydrogens is 242 g/mol. The second-order valence-electron chi connectivity index (χ2n) is 3.56. The minimum absolute atomic E-state index is 0.0399. The molecule has 0 bridgehead atoms. The van der Waals surface area contributed by atoms with E-state index in [0.29, 0.717) is 18.7 Å². The number of aromatic nitrogens is 1. The summed E-state index contributed by atoms with van der Waals surface area (Å²) >= 11 is 5.86. The summed E-state index contributed by atoms with van der Waals surface area (Å²) in [4.78, 5) is 15.6. The number of nitrogens with zero attached hydrogens (tertiary/aromatic N) is 1. The van der Waals surface area contributed by atoms with Crippen molar-refractivity contribution >= 4 is 23.3 Å². The normalized spacial score (nSPS) is 12.2. The first-order valence-corrected chi connectivity index (χ1v) is 5.73. The van der Waals surface area contributed by atoms with Crippen molar-refractivity contribution < 1.29 is 9.53 Å². The number of nitrogen functional groups attached to an aromatic ring is 1. The zero-order valence-corrected chi connectivity index (χ0v) is 10.6. The average Bonchev–Trinajstić information content (AvgIpc) is 2.29. The molecule has 6 heteroatoms. The molecule has 5 nitrogen and oxygen atoms in total. The number of pyridine rings is 1. The quantitative estimate of drug-likeness (QED) is 0.838. The van der Waals surface area contributed by atoms with Gasteiger partial charge in [-0.25, -0.2) is 4.98 Å². The third-order valence-corrected chi connectivity index (χ3v) is 2.42. The highest BCUT2D eigenvalue weighted by Gasteiger charge is 2.12. The van der Waals surface area contributed by atoms with Gasteiger partial charge in [-0.05, 0) is 19.9 Å². The highest BCUT2D eigenvalue weighted by Crippen LogP contribution is 2.16. The zero-order chi connectivity index (χ0) is 12.8. The van der Waals surface area contributed by atoms with Gasteiger partial charge in [-0.2, -0.15) is 0 Å². The van der Waals surface area contributed by atoms with E-state index in [-0.39, 0.29) is 22.9 Å². The number of ether oxygens (including phenoxy) is 1. The van der Waals surface area contributed by atoms with Crippen LogP contribution in [0.5, 0.6) is 0 Å². The molecule has 0 aromatic carbocycles. The van der Waals surface area contributed by atoms with Crippen molar-refractivity contribution in [3.05, 3.63) is 22.8 Å². The average molecular weight is 258 g/mol. The van der Waals surface area contributed by atoms with E-state index in [0.717, 1.165) is 0 Å². The van der Waals surface area contributed by atoms with Gasteiger partial charge in [0.1, 0.15) is 5.82 Å². The Labute approximate surface area is 105 Å². The third-order valence-electron chi connectivity index (χ3n) is 2.12. The van der Waals surface area contributed by atoms with E-state index in [1.165, 1.54) is 12.3 Å². The van der Waals surface area contributed by atoms with Gasteiger partial charge in [0.05, 0.1) is 16.7 Å². The van der Waals surface area contributed by atoms with Crippen molar-refractivity contribution in [2.75, 3.05) is 18.9 Å². The number of halogens is 1. The van der Waals surface area contributed by atoms with E-state index in [4.69, 9.17) is 22.1 Å². The van der Waals surface area contributed by atoms with Crippen LogP contribution in [0.3, 0.4) is 0 Å². The maximum absolute atomic E-state index is 11.8. The lowest BCUT2D eigenvalue weighted by Gasteiger charge is -2.13. The van der Waals surface area contributed by atoms with Crippen LogP contribution in [0, 0.1) is 0 Å². The summed E-state index contributed by atoms with van der Waals surface area (Å²) in [7, 11) is 0. The van der Waals surface area contributed by atoms with Crippen molar-refractivity contribution in [3.8, 4) is 0 Å². The fourth-order valence-corrected chi connectivity index (χ4v) is 1.49. The van der Waals surface area contributed by atoms with Crippen molar-refractivity contribution in [1.29, 1.82) is 0 Å². The highest BCUT2D eigenvalue weighted by atomic mass is 35.5. The van der Waals surface area contributed by atoms with E-state index in [2.05, 4.69) is 10.3 Å². The molecule has 0 aliphatic heterocycles. The second kappa shape index (κ2) is 6.42. The molecule has 0 spiro atoms. The van der Waals surface area contributed by atoms with E-state index < -0.39 is 0 Å². The largest absolute Gasteiger partial charge is 0.384 e. The molecule has 0 aliphatic rings. The minimum Gasteiger partial charge on any atom is -0.384 e. The molecule has 0 saturated carbocycles. The summed E-state index contributed by atoms with van der Waals surface area (Å²) in [5.74, 6) is -0.0203. The van der Waals surface area contributed by atoms with Crippen molar-refractivity contribution in [2.45, 2.75) is 20.0 Å². The molecule has 17 heavy (non-hydrogen) atoms. The smallest absolute Gasteiger partial charge is 0.253 e. The number of rotatable bonds is 5. The molecule has 0 radical (unpaired) electrons. The molecule has 1 heterocycles. The Morgan fingerprint density at radius 3 is 3.06 bits per heavy atom. The topological polar surface area (TPSA) is 77.2 Å². The van der Waals surface area contributed by atoms with Crippen LogP contribution in [0.15, 0.2) is 12.3 Å². The Kier molecular flexibility index (Phi) is 5.18. The van der Waals surface area contributed by atoms with Crippen LogP contribution in [0.25, 0.3) is 0 Å². The molecule has 3 N–H and O–H groups in total. The third kappa shape index (κ3) is 4.20. The summed E-state index contributed by atoms with van der Waals surface area (Å²) in [5, 5.41) is 3.00. The molecule has 0 aliphatic carbocycles. The molecular formula is C11H16ClN3O2. The van der Waals surface area contributed by atoms with Gasteiger partial charge in [-0.15, -0.1) is 0 Å². The predicted octanol–water partition coefficient (Wildman–Crippen LogP) is 1.47. The van der Waals surface area contributed by atoms with Gasteiger partial charge in [0.25, 0.3) is 5.91 Å². The fraction of sp³-hybridized carbons (Fsp3) is 0.455. The standard InChI is InChI=1S/C11H16ClN3O2/c1-3-17-7(2)5-15-11(16)8-4-10(13)14-6-9(8)12/h4,6-7H,3,5H2,1-2H3,(H2,13,14)(H,15,16). The summed E-state index contributed by atoms with van der Waals surface area (Å²) < 4.78 is 5.30. The first-order chi connectivity index (χ1) is 8.04. The van der Waals surface area contributed by atoms with Gasteiger partial charge >= 0.3 is 0 Å². The van der Waals surface area contributed by atoms with E-state index in [1.54, 1.807) is 0 Å². The van der Waals surface area contributed by atoms with Crippen molar-refractivity contribution in [1.82, 2.24) is 10.3 Å². The van der Waals surface area contributed by atoms with Crippen molar-refractivity contribution in [2.24, 2.45) is 0 Å². The molecule has 1 atom stereocenters. The van der Waals surface area contributed by atoms with Crippen LogP contribution in [-0.4, -0.2) is 30.1 Å². The molecule has 1 rings (SSSR count). The number of hydrogen-bond acceptors (Lipinski definition) is 4. The predicted molar refractivity (Wildman–Crippen MR) is 67.1 cm³/mol. The number of nitrogens with two attached hydrogens (primary N) is 1. The monoisotopic (exact) mass is 257 g/mol. The number of anilines is 1. The molecule has 1 amide bonds. The number of hydrogen-bond donors (Lipinski definition) is 2. The van der Waals surface area contributed by atoms with E-state index in [1.807, 2.05) is 13.8 Å². The van der Waals surface area contributed by atoms with E-state index in [9.17, 15) is 4.79 Å². The molecule has 94 valence electrons. The van der Waals surface area contributed by atoms with Crippen LogP contribution < -0.4 is 11.1 Å². The fourth-order valence-electron chi connectivity index (χ4n) is 1.30. The van der Waals surface area contributed by atoms with Gasteiger partial charge in [0.15, 0.2) is 0 Å². The first kappa shape index (κ1) is 13.7. The van der Waals surface area contributed by atoms with E-state index >= 15 is 0 Å². The maximum atomic E-state index is 11.8. The van der Waals surface area contributed by atoms with Crippen LogP contribution in [0.4, 0.5) is 5.82 Å². The molecule has 0 fully saturated rings. The molecule has 1 aromatic heterocycles. The van der Waals surface area contributed by atoms with Gasteiger partial charge < -0.3 is 15.8 Å². The van der Waals surface area contributed by atoms with Gasteiger partial charge in [0, 0.05) is 19.3 Å². The second-order valence-corrected chi connectivity index (χ2v) is 3.97. The molecule has 1 aromatic rings. The van der Waals surface area contributed by atoms with Crippen LogP contribution in [0.2, 0.25) is 5.02 Å². The lowest BCUT2D eigenvalue weighted by atomic mass is 10.2. The number of amides is 1. The van der Waals surface area contributed by atoms with Crippen LogP contribution in [0.1, 0.15) is 24.2 Å². The summed E-state index contributed by atoms with van der Waals surface area (Å²) in [6.07, 6.45) is 1.32. The van der Waals surface area contributed by atoms with Crippen LogP contribution >= 0.6 is 11.6 Å². The Balaban J connectivity index is 2.61. The maximum Gasteiger partial charge on any atom is 0.253 e. The summed E-state index contributed by atoms with van der Waals surface area (Å²) in [5.41, 5.74) is 5.82. The zero-order valence-electron chi connectivity index (χ0n) is 9.87. The first-order valence-electron chi connectivity index (χ1n) is 5.35. The number of carbonyl (C=O) groups excluding carboxylic acids is 1. The Hall–Kier alpha value is -1.33. The van der Waals surface area contributed by atoms with Crippen molar-refractivity contribution in [3.63, 3.8) is 0 Å². The SMILES string of the molecule is CCOC(C)CNC(=O)c1cc(N)ncc1Cl. The molecule has 0 saturated heterocycles. The minimum atomic E-state index is -0.282. The number of nitrogens with one attached hydrogen (secondary N) is 1. The Morgan fingerprint density at radius 2 is 2.41 bits per heavy atom. The number of carbonyl (C=O) groups is 1. The Morgan fingerprint density at radius 1 is 1.71 bits per heavy atom. The van der Waals surface area contributed by atoms with Gasteiger partial charge in [-0.1, -0.05) is 11.6 Å². The van der Waals surface area contributed by atoms with Gasteiger partial charge in [-0.3, -0.25) is 4.79 Å². The lowest BCUT2D eigenvalue weighted by Crippen LogP contribution is -2.32. The highest BCUT2D eigenvalue weighted by molar-refractivity contribution is 6.33.